The highest BCUT2D eigenvalue weighted by Crippen LogP contribution is 2.31. The van der Waals surface area contributed by atoms with Gasteiger partial charge in [-0.25, -0.2) is 0 Å². The van der Waals surface area contributed by atoms with Gasteiger partial charge in [0.05, 0.1) is 17.1 Å². The summed E-state index contributed by atoms with van der Waals surface area (Å²) >= 11 is 3.53. The highest BCUT2D eigenvalue weighted by atomic mass is 79.9. The summed E-state index contributed by atoms with van der Waals surface area (Å²) in [5.41, 5.74) is 2.28. The Balaban J connectivity index is 1.90. The topological polar surface area (TPSA) is 47.6 Å². The Hall–Kier alpha value is -2.01. The molecule has 2 rings (SSSR count). The summed E-state index contributed by atoms with van der Waals surface area (Å²) in [4.78, 5) is 12.2. The van der Waals surface area contributed by atoms with E-state index in [1.165, 1.54) is 5.56 Å². The zero-order chi connectivity index (χ0) is 20.0. The van der Waals surface area contributed by atoms with Crippen LogP contribution in [-0.4, -0.2) is 19.1 Å². The van der Waals surface area contributed by atoms with E-state index in [1.807, 2.05) is 56.3 Å². The maximum Gasteiger partial charge on any atom is 0.258 e. The fourth-order valence-corrected chi connectivity index (χ4v) is 3.11. The van der Waals surface area contributed by atoms with Crippen molar-refractivity contribution in [1.82, 2.24) is 5.32 Å². The highest BCUT2D eigenvalue weighted by molar-refractivity contribution is 9.10. The number of hydrogen-bond donors (Lipinski definition) is 1. The number of benzene rings is 2. The third-order valence-corrected chi connectivity index (χ3v) is 4.84. The number of halogens is 1. The summed E-state index contributed by atoms with van der Waals surface area (Å²) in [5.74, 6) is 1.32. The van der Waals surface area contributed by atoms with Crippen LogP contribution in [0.4, 0.5) is 0 Å². The van der Waals surface area contributed by atoms with Crippen molar-refractivity contribution in [2.75, 3.05) is 13.2 Å². The summed E-state index contributed by atoms with van der Waals surface area (Å²) in [5, 5.41) is 2.95. The molecule has 2 aromatic carbocycles. The minimum atomic E-state index is -0.164. The van der Waals surface area contributed by atoms with Crippen LogP contribution in [0.15, 0.2) is 46.9 Å². The van der Waals surface area contributed by atoms with Gasteiger partial charge in [-0.3, -0.25) is 4.79 Å². The van der Waals surface area contributed by atoms with Gasteiger partial charge in [0.15, 0.2) is 6.61 Å². The minimum Gasteiger partial charge on any atom is -0.494 e. The summed E-state index contributed by atoms with van der Waals surface area (Å²) in [6.07, 6.45) is 0. The molecule has 0 heterocycles. The minimum absolute atomic E-state index is 0.0329. The van der Waals surface area contributed by atoms with Crippen molar-refractivity contribution in [3.63, 3.8) is 0 Å². The van der Waals surface area contributed by atoms with E-state index in [2.05, 4.69) is 42.0 Å². The van der Waals surface area contributed by atoms with E-state index in [0.29, 0.717) is 12.4 Å². The maximum atomic E-state index is 12.2. The second-order valence-corrected chi connectivity index (χ2v) is 8.33. The van der Waals surface area contributed by atoms with Gasteiger partial charge in [0, 0.05) is 0 Å². The van der Waals surface area contributed by atoms with Crippen LogP contribution in [0, 0.1) is 0 Å². The molecule has 1 N–H and O–H groups in total. The Morgan fingerprint density at radius 3 is 2.33 bits per heavy atom. The number of rotatable bonds is 7. The fraction of sp³-hybridized carbons (Fsp3) is 0.409. The van der Waals surface area contributed by atoms with E-state index in [1.54, 1.807) is 0 Å². The number of hydrogen-bond acceptors (Lipinski definition) is 3. The molecule has 4 nitrogen and oxygen atoms in total. The quantitative estimate of drug-likeness (QED) is 0.635. The van der Waals surface area contributed by atoms with Crippen molar-refractivity contribution in [2.24, 2.45) is 0 Å². The smallest absolute Gasteiger partial charge is 0.258 e. The molecule has 0 fully saturated rings. The lowest BCUT2D eigenvalue weighted by Crippen LogP contribution is -2.31. The van der Waals surface area contributed by atoms with Crippen LogP contribution >= 0.6 is 15.9 Å². The monoisotopic (exact) mass is 433 g/mol. The Morgan fingerprint density at radius 1 is 1.11 bits per heavy atom. The molecule has 0 aliphatic carbocycles. The van der Waals surface area contributed by atoms with Crippen molar-refractivity contribution in [3.8, 4) is 11.5 Å². The first kappa shape index (κ1) is 21.3. The third kappa shape index (κ3) is 6.28. The number of nitrogens with one attached hydrogen (secondary N) is 1. The van der Waals surface area contributed by atoms with Crippen molar-refractivity contribution in [3.05, 3.63) is 58.1 Å². The molecule has 146 valence electrons. The summed E-state index contributed by atoms with van der Waals surface area (Å²) in [6, 6.07) is 13.6. The number of carbonyl (C=O) groups excluding carboxylic acids is 1. The number of amides is 1. The average Bonchev–Trinajstić information content (AvgIpc) is 2.60. The molecule has 2 aromatic rings. The number of ether oxygens (including phenoxy) is 2. The van der Waals surface area contributed by atoms with Crippen LogP contribution in [0.2, 0.25) is 0 Å². The lowest BCUT2D eigenvalue weighted by atomic mass is 9.87. The molecule has 0 saturated heterocycles. The molecule has 0 spiro atoms. The molecular formula is C22H28BrNO3. The summed E-state index contributed by atoms with van der Waals surface area (Å²) < 4.78 is 12.0. The van der Waals surface area contributed by atoms with Gasteiger partial charge in [0.2, 0.25) is 0 Å². The van der Waals surface area contributed by atoms with Crippen LogP contribution in [0.1, 0.15) is 51.8 Å². The second-order valence-electron chi connectivity index (χ2n) is 7.48. The molecule has 0 bridgehead atoms. The molecule has 27 heavy (non-hydrogen) atoms. The lowest BCUT2D eigenvalue weighted by Gasteiger charge is -2.20. The van der Waals surface area contributed by atoms with Crippen molar-refractivity contribution in [1.29, 1.82) is 0 Å². The van der Waals surface area contributed by atoms with E-state index >= 15 is 0 Å². The zero-order valence-corrected chi connectivity index (χ0v) is 18.2. The second kappa shape index (κ2) is 9.27. The van der Waals surface area contributed by atoms with Crippen LogP contribution < -0.4 is 14.8 Å². The predicted octanol–water partition coefficient (Wildman–Crippen LogP) is 5.40. The lowest BCUT2D eigenvalue weighted by molar-refractivity contribution is -0.123. The summed E-state index contributed by atoms with van der Waals surface area (Å²) in [7, 11) is 0. The van der Waals surface area contributed by atoms with Crippen LogP contribution in [0.25, 0.3) is 0 Å². The molecule has 0 aromatic heterocycles. The summed E-state index contributed by atoms with van der Waals surface area (Å²) in [6.45, 7) is 11.0. The van der Waals surface area contributed by atoms with Gasteiger partial charge in [0.1, 0.15) is 11.5 Å². The van der Waals surface area contributed by atoms with Crippen LogP contribution in [-0.2, 0) is 10.2 Å². The SMILES string of the molecule is CCOc1ccc([C@H](C)NC(=O)COc2ccc(C(C)(C)C)cc2Br)cc1. The molecule has 1 atom stereocenters. The van der Waals surface area contributed by atoms with Gasteiger partial charge in [-0.15, -0.1) is 0 Å². The number of carbonyl (C=O) groups is 1. The van der Waals surface area contributed by atoms with Gasteiger partial charge in [-0.2, -0.15) is 0 Å². The molecule has 0 saturated carbocycles. The molecule has 5 heteroatoms. The van der Waals surface area contributed by atoms with Gasteiger partial charge in [-0.1, -0.05) is 39.0 Å². The molecular weight excluding hydrogens is 406 g/mol. The maximum absolute atomic E-state index is 12.2. The molecule has 0 unspecified atom stereocenters. The Labute approximate surface area is 170 Å². The normalized spacial score (nSPS) is 12.4. The average molecular weight is 434 g/mol. The van der Waals surface area contributed by atoms with Crippen LogP contribution in [0.5, 0.6) is 11.5 Å². The van der Waals surface area contributed by atoms with Crippen molar-refractivity contribution < 1.29 is 14.3 Å². The Kier molecular flexibility index (Phi) is 7.31. The standard InChI is InChI=1S/C22H28BrNO3/c1-6-26-18-10-7-16(8-11-18)15(2)24-21(25)14-27-20-12-9-17(13-19(20)23)22(3,4)5/h7-13,15H,6,14H2,1-5H3,(H,24,25)/t15-/m0/s1. The van der Waals surface area contributed by atoms with E-state index in [9.17, 15) is 4.79 Å². The Morgan fingerprint density at radius 2 is 1.78 bits per heavy atom. The molecule has 0 aliphatic heterocycles. The van der Waals surface area contributed by atoms with Gasteiger partial charge < -0.3 is 14.8 Å². The zero-order valence-electron chi connectivity index (χ0n) is 16.6. The van der Waals surface area contributed by atoms with E-state index in [0.717, 1.165) is 15.8 Å². The van der Waals surface area contributed by atoms with E-state index in [4.69, 9.17) is 9.47 Å². The van der Waals surface area contributed by atoms with Gasteiger partial charge in [-0.05, 0) is 70.6 Å². The highest BCUT2D eigenvalue weighted by Gasteiger charge is 2.16. The third-order valence-electron chi connectivity index (χ3n) is 4.23. The fourth-order valence-electron chi connectivity index (χ4n) is 2.61. The predicted molar refractivity (Wildman–Crippen MR) is 113 cm³/mol. The first-order valence-corrected chi connectivity index (χ1v) is 9.95. The Bertz CT molecular complexity index is 766. The first-order chi connectivity index (χ1) is 12.7. The molecule has 0 aliphatic rings. The first-order valence-electron chi connectivity index (χ1n) is 9.15. The van der Waals surface area contributed by atoms with Crippen LogP contribution in [0.3, 0.4) is 0 Å². The largest absolute Gasteiger partial charge is 0.494 e. The molecule has 0 radical (unpaired) electrons. The van der Waals surface area contributed by atoms with E-state index < -0.39 is 0 Å². The van der Waals surface area contributed by atoms with Crippen molar-refractivity contribution in [2.45, 2.75) is 46.1 Å². The molecule has 1 amide bonds. The van der Waals surface area contributed by atoms with Gasteiger partial charge >= 0.3 is 0 Å². The van der Waals surface area contributed by atoms with E-state index in [-0.39, 0.29) is 24.0 Å². The van der Waals surface area contributed by atoms with Crippen molar-refractivity contribution >= 4 is 21.8 Å². The van der Waals surface area contributed by atoms with Gasteiger partial charge in [0.25, 0.3) is 5.91 Å².